The molecule has 1 saturated carbocycles. The van der Waals surface area contributed by atoms with Gasteiger partial charge in [0.1, 0.15) is 28.7 Å². The van der Waals surface area contributed by atoms with Crippen molar-refractivity contribution >= 4 is 17.5 Å². The maximum atomic E-state index is 13.1. The van der Waals surface area contributed by atoms with E-state index in [1.54, 1.807) is 18.3 Å². The maximum absolute atomic E-state index is 13.1. The second-order valence-corrected chi connectivity index (χ2v) is 11.5. The fourth-order valence-electron chi connectivity index (χ4n) is 5.96. The van der Waals surface area contributed by atoms with E-state index in [4.69, 9.17) is 9.47 Å². The molecule has 0 aliphatic heterocycles. The first-order valence-corrected chi connectivity index (χ1v) is 15.5. The van der Waals surface area contributed by atoms with Gasteiger partial charge in [-0.2, -0.15) is 0 Å². The first-order chi connectivity index (χ1) is 21.9. The lowest BCUT2D eigenvalue weighted by atomic mass is 9.77. The van der Waals surface area contributed by atoms with E-state index < -0.39 is 0 Å². The van der Waals surface area contributed by atoms with Gasteiger partial charge in [0.25, 0.3) is 5.91 Å². The van der Waals surface area contributed by atoms with E-state index in [1.807, 2.05) is 53.9 Å². The molecule has 0 atom stereocenters. The third-order valence-electron chi connectivity index (χ3n) is 8.43. The Morgan fingerprint density at radius 1 is 0.844 bits per heavy atom. The molecule has 0 spiro atoms. The van der Waals surface area contributed by atoms with Crippen molar-refractivity contribution in [1.82, 2.24) is 14.7 Å². The number of benzene rings is 3. The Hall–Kier alpha value is -4.98. The molecule has 6 rings (SSSR count). The van der Waals surface area contributed by atoms with Crippen molar-refractivity contribution in [3.05, 3.63) is 120 Å². The van der Waals surface area contributed by atoms with Crippen LogP contribution in [0.1, 0.15) is 66.6 Å². The topological polar surface area (TPSA) is 81.9 Å². The van der Waals surface area contributed by atoms with Crippen molar-refractivity contribution in [2.75, 3.05) is 6.61 Å². The van der Waals surface area contributed by atoms with E-state index in [9.17, 15) is 14.0 Å². The Labute approximate surface area is 262 Å². The van der Waals surface area contributed by atoms with Crippen molar-refractivity contribution in [1.29, 1.82) is 0 Å². The molecule has 1 fully saturated rings. The Morgan fingerprint density at radius 3 is 2.20 bits per heavy atom. The molecule has 1 aliphatic carbocycles. The number of halogens is 1. The summed E-state index contributed by atoms with van der Waals surface area (Å²) in [5, 5.41) is 2.93. The Kier molecular flexibility index (Phi) is 9.19. The van der Waals surface area contributed by atoms with Gasteiger partial charge in [-0.15, -0.1) is 0 Å². The number of imidazole rings is 1. The number of hydrogen-bond acceptors (Lipinski definition) is 5. The highest BCUT2D eigenvalue weighted by Crippen LogP contribution is 2.38. The molecule has 0 unspecified atom stereocenters. The summed E-state index contributed by atoms with van der Waals surface area (Å²) in [7, 11) is 0. The fraction of sp³-hybridized carbons (Fsp3) is 0.270. The quantitative estimate of drug-likeness (QED) is 0.163. The van der Waals surface area contributed by atoms with Crippen molar-refractivity contribution in [3.63, 3.8) is 0 Å². The molecule has 2 heterocycles. The second kappa shape index (κ2) is 13.8. The van der Waals surface area contributed by atoms with Crippen LogP contribution < -0.4 is 10.1 Å². The summed E-state index contributed by atoms with van der Waals surface area (Å²) in [6.07, 6.45) is 8.56. The Bertz CT molecular complexity index is 1760. The Balaban J connectivity index is 1.03. The van der Waals surface area contributed by atoms with E-state index in [0.717, 1.165) is 42.4 Å². The number of nitrogens with one attached hydrogen (secondary N) is 1. The van der Waals surface area contributed by atoms with Crippen LogP contribution in [0.5, 0.6) is 11.5 Å². The number of hydrogen-bond donors (Lipinski definition) is 1. The first kappa shape index (κ1) is 30.1. The van der Waals surface area contributed by atoms with E-state index >= 15 is 0 Å². The second-order valence-electron chi connectivity index (χ2n) is 11.5. The zero-order chi connectivity index (χ0) is 31.2. The molecule has 2 aromatic heterocycles. The fourth-order valence-corrected chi connectivity index (χ4v) is 5.96. The standard InChI is InChI=1S/C37H36FN3O4/c1-2-44-36(42)21-25-3-7-27(8-4-25)28-9-11-29(12-10-28)30-13-20-35-40-34(24-41(35)23-30)37(43)39-22-26-5-16-32(17-6-26)45-33-18-14-31(38)15-19-33/h5-6,9-20,23-25,27H,2-4,7-8,21-22H2,1H3,(H,39,43)/t25-,27-. The van der Waals surface area contributed by atoms with Crippen molar-refractivity contribution in [2.45, 2.75) is 51.5 Å². The van der Waals surface area contributed by atoms with Crippen LogP contribution >= 0.6 is 0 Å². The molecular weight excluding hydrogens is 569 g/mol. The van der Waals surface area contributed by atoms with Crippen LogP contribution in [0.4, 0.5) is 4.39 Å². The predicted molar refractivity (Wildman–Crippen MR) is 171 cm³/mol. The van der Waals surface area contributed by atoms with E-state index in [2.05, 4.69) is 34.6 Å². The summed E-state index contributed by atoms with van der Waals surface area (Å²) in [4.78, 5) is 29.3. The molecule has 0 bridgehead atoms. The average Bonchev–Trinajstić information content (AvgIpc) is 3.50. The van der Waals surface area contributed by atoms with Gasteiger partial charge in [0.05, 0.1) is 6.61 Å². The van der Waals surface area contributed by atoms with Gasteiger partial charge < -0.3 is 19.2 Å². The first-order valence-electron chi connectivity index (χ1n) is 15.5. The predicted octanol–water partition coefficient (Wildman–Crippen LogP) is 8.09. The van der Waals surface area contributed by atoms with Crippen LogP contribution in [0.2, 0.25) is 0 Å². The molecule has 3 aromatic carbocycles. The highest BCUT2D eigenvalue weighted by molar-refractivity contribution is 5.92. The summed E-state index contributed by atoms with van der Waals surface area (Å²) in [6, 6.07) is 25.9. The van der Waals surface area contributed by atoms with E-state index in [1.165, 1.54) is 17.7 Å². The molecule has 230 valence electrons. The summed E-state index contributed by atoms with van der Waals surface area (Å²) in [5.74, 6) is 1.46. The van der Waals surface area contributed by atoms with Crippen molar-refractivity contribution in [2.24, 2.45) is 5.92 Å². The van der Waals surface area contributed by atoms with Gasteiger partial charge >= 0.3 is 5.97 Å². The molecule has 0 saturated heterocycles. The smallest absolute Gasteiger partial charge is 0.306 e. The third-order valence-corrected chi connectivity index (χ3v) is 8.43. The van der Waals surface area contributed by atoms with Gasteiger partial charge in [-0.3, -0.25) is 9.59 Å². The summed E-state index contributed by atoms with van der Waals surface area (Å²) >= 11 is 0. The normalized spacial score (nSPS) is 16.3. The summed E-state index contributed by atoms with van der Waals surface area (Å²) in [5.41, 5.74) is 5.43. The van der Waals surface area contributed by atoms with Crippen molar-refractivity contribution in [3.8, 4) is 22.6 Å². The molecule has 1 aliphatic rings. The van der Waals surface area contributed by atoms with Gasteiger partial charge in [0, 0.05) is 25.4 Å². The maximum Gasteiger partial charge on any atom is 0.306 e. The number of nitrogens with zero attached hydrogens (tertiary/aromatic N) is 2. The number of carbonyl (C=O) groups is 2. The van der Waals surface area contributed by atoms with Gasteiger partial charge in [-0.1, -0.05) is 36.4 Å². The van der Waals surface area contributed by atoms with Crippen LogP contribution in [0.3, 0.4) is 0 Å². The number of amides is 1. The molecule has 8 heteroatoms. The highest BCUT2D eigenvalue weighted by atomic mass is 19.1. The average molecular weight is 606 g/mol. The lowest BCUT2D eigenvalue weighted by Crippen LogP contribution is -2.23. The van der Waals surface area contributed by atoms with Crippen molar-refractivity contribution < 1.29 is 23.5 Å². The van der Waals surface area contributed by atoms with Crippen LogP contribution in [0, 0.1) is 11.7 Å². The number of fused-ring (bicyclic) bond motifs is 1. The molecular formula is C37H36FN3O4. The van der Waals surface area contributed by atoms with E-state index in [-0.39, 0.29) is 17.7 Å². The zero-order valence-electron chi connectivity index (χ0n) is 25.2. The third kappa shape index (κ3) is 7.58. The monoisotopic (exact) mass is 605 g/mol. The minimum absolute atomic E-state index is 0.0776. The minimum atomic E-state index is -0.315. The molecule has 5 aromatic rings. The lowest BCUT2D eigenvalue weighted by molar-refractivity contribution is -0.144. The number of aromatic nitrogens is 2. The molecule has 45 heavy (non-hydrogen) atoms. The van der Waals surface area contributed by atoms with Gasteiger partial charge in [-0.25, -0.2) is 9.37 Å². The lowest BCUT2D eigenvalue weighted by Gasteiger charge is -2.28. The minimum Gasteiger partial charge on any atom is -0.466 e. The zero-order valence-corrected chi connectivity index (χ0v) is 25.2. The highest BCUT2D eigenvalue weighted by Gasteiger charge is 2.24. The number of esters is 1. The molecule has 0 radical (unpaired) electrons. The van der Waals surface area contributed by atoms with Gasteiger partial charge in [0.2, 0.25) is 0 Å². The molecule has 1 N–H and O–H groups in total. The SMILES string of the molecule is CCOC(=O)C[C@H]1CC[C@H](c2ccc(-c3ccc4nc(C(=O)NCc5ccc(Oc6ccc(F)cc6)cc5)cn4c3)cc2)CC1. The van der Waals surface area contributed by atoms with Crippen LogP contribution in [-0.2, 0) is 16.1 Å². The Morgan fingerprint density at radius 2 is 1.51 bits per heavy atom. The van der Waals surface area contributed by atoms with Gasteiger partial charge in [0.15, 0.2) is 0 Å². The van der Waals surface area contributed by atoms with Crippen LogP contribution in [0.15, 0.2) is 97.3 Å². The number of pyridine rings is 1. The number of ether oxygens (including phenoxy) is 2. The van der Waals surface area contributed by atoms with Gasteiger partial charge in [-0.05, 0) is 115 Å². The molecule has 1 amide bonds. The van der Waals surface area contributed by atoms with Crippen LogP contribution in [-0.4, -0.2) is 27.9 Å². The summed E-state index contributed by atoms with van der Waals surface area (Å²) < 4.78 is 25.8. The number of rotatable bonds is 10. The summed E-state index contributed by atoms with van der Waals surface area (Å²) in [6.45, 7) is 2.64. The largest absolute Gasteiger partial charge is 0.466 e. The molecule has 7 nitrogen and oxygen atoms in total. The van der Waals surface area contributed by atoms with E-state index in [0.29, 0.717) is 54.2 Å². The number of carbonyl (C=O) groups excluding carboxylic acids is 2. The van der Waals surface area contributed by atoms with Crippen LogP contribution in [0.25, 0.3) is 16.8 Å².